The highest BCUT2D eigenvalue weighted by Gasteiger charge is 2.43. The molecule has 17 heavy (non-hydrogen) atoms. The Hall–Kier alpha value is -0.570. The van der Waals surface area contributed by atoms with Crippen LogP contribution < -0.4 is 0 Å². The minimum absolute atomic E-state index is 0.286. The minimum Gasteiger partial charge on any atom is -0.481 e. The highest BCUT2D eigenvalue weighted by molar-refractivity contribution is 5.67. The molecule has 0 radical (unpaired) electrons. The first kappa shape index (κ1) is 12.9. The molecule has 0 aromatic rings. The lowest BCUT2D eigenvalue weighted by Gasteiger charge is -2.33. The van der Waals surface area contributed by atoms with Crippen LogP contribution in [0.3, 0.4) is 0 Å². The van der Waals surface area contributed by atoms with E-state index in [4.69, 9.17) is 5.11 Å². The van der Waals surface area contributed by atoms with Gasteiger partial charge in [0.25, 0.3) is 0 Å². The largest absolute Gasteiger partial charge is 0.481 e. The number of carboxylic acid groups (broad SMARTS) is 1. The average molecular weight is 239 g/mol. The molecule has 0 aromatic carbocycles. The molecule has 1 saturated carbocycles. The quantitative estimate of drug-likeness (QED) is 0.823. The van der Waals surface area contributed by atoms with E-state index in [0.29, 0.717) is 23.8 Å². The zero-order valence-electron chi connectivity index (χ0n) is 11.3. The van der Waals surface area contributed by atoms with Crippen molar-refractivity contribution < 1.29 is 9.90 Å². The molecule has 3 unspecified atom stereocenters. The lowest BCUT2D eigenvalue weighted by atomic mass is 9.91. The summed E-state index contributed by atoms with van der Waals surface area (Å²) in [6.07, 6.45) is 5.05. The molecular formula is C14H25NO2. The third-order valence-electron chi connectivity index (χ3n) is 4.55. The van der Waals surface area contributed by atoms with Crippen molar-refractivity contribution in [3.63, 3.8) is 0 Å². The van der Waals surface area contributed by atoms with Gasteiger partial charge in [-0.3, -0.25) is 9.69 Å². The molecular weight excluding hydrogens is 214 g/mol. The summed E-state index contributed by atoms with van der Waals surface area (Å²) < 4.78 is 0. The second-order valence-electron chi connectivity index (χ2n) is 6.75. The van der Waals surface area contributed by atoms with Crippen molar-refractivity contribution in [3.05, 3.63) is 0 Å². The Morgan fingerprint density at radius 3 is 2.65 bits per heavy atom. The van der Waals surface area contributed by atoms with Crippen molar-refractivity contribution in [2.45, 2.75) is 65.0 Å². The molecule has 0 amide bonds. The third-order valence-corrected chi connectivity index (χ3v) is 4.55. The summed E-state index contributed by atoms with van der Waals surface area (Å²) in [5.74, 6) is 0.0613. The smallest absolute Gasteiger partial charge is 0.304 e. The van der Waals surface area contributed by atoms with Crippen LogP contribution in [0.1, 0.15) is 52.9 Å². The van der Waals surface area contributed by atoms with Crippen LogP contribution in [0.2, 0.25) is 0 Å². The Bertz CT molecular complexity index is 301. The maximum atomic E-state index is 10.9. The minimum atomic E-state index is -0.646. The Balaban J connectivity index is 2.03. The first-order valence-corrected chi connectivity index (χ1v) is 6.86. The first-order valence-electron chi connectivity index (χ1n) is 6.86. The lowest BCUT2D eigenvalue weighted by molar-refractivity contribution is -0.138. The average Bonchev–Trinajstić information content (AvgIpc) is 2.69. The standard InChI is InChI=1S/C14H25NO2/c1-10-8-14(2,3)9-12(10)15-6-4-5-11(15)7-13(16)17/h10-12H,4-9H2,1-3H3,(H,16,17). The molecule has 1 saturated heterocycles. The van der Waals surface area contributed by atoms with E-state index in [9.17, 15) is 4.79 Å². The highest BCUT2D eigenvalue weighted by atomic mass is 16.4. The molecule has 1 N–H and O–H groups in total. The van der Waals surface area contributed by atoms with Crippen LogP contribution in [0, 0.1) is 11.3 Å². The van der Waals surface area contributed by atoms with Crippen LogP contribution in [0.4, 0.5) is 0 Å². The summed E-state index contributed by atoms with van der Waals surface area (Å²) in [6.45, 7) is 8.11. The van der Waals surface area contributed by atoms with Gasteiger partial charge in [0, 0.05) is 12.1 Å². The first-order chi connectivity index (χ1) is 7.89. The van der Waals surface area contributed by atoms with Crippen molar-refractivity contribution in [1.29, 1.82) is 0 Å². The summed E-state index contributed by atoms with van der Waals surface area (Å²) in [4.78, 5) is 13.4. The number of hydrogen-bond acceptors (Lipinski definition) is 2. The number of aliphatic carboxylic acids is 1. The summed E-state index contributed by atoms with van der Waals surface area (Å²) in [7, 11) is 0. The normalized spacial score (nSPS) is 37.5. The Kier molecular flexibility index (Phi) is 3.48. The van der Waals surface area contributed by atoms with Crippen LogP contribution >= 0.6 is 0 Å². The monoisotopic (exact) mass is 239 g/mol. The van der Waals surface area contributed by atoms with Crippen LogP contribution in [-0.4, -0.2) is 34.6 Å². The predicted molar refractivity (Wildman–Crippen MR) is 67.9 cm³/mol. The molecule has 1 heterocycles. The van der Waals surface area contributed by atoms with Gasteiger partial charge < -0.3 is 5.11 Å². The molecule has 3 atom stereocenters. The molecule has 0 bridgehead atoms. The summed E-state index contributed by atoms with van der Waals surface area (Å²) in [5.41, 5.74) is 0.431. The topological polar surface area (TPSA) is 40.5 Å². The van der Waals surface area contributed by atoms with E-state index in [1.165, 1.54) is 19.3 Å². The van der Waals surface area contributed by atoms with Gasteiger partial charge >= 0.3 is 5.97 Å². The van der Waals surface area contributed by atoms with E-state index in [1.807, 2.05) is 0 Å². The van der Waals surface area contributed by atoms with Crippen molar-refractivity contribution in [2.75, 3.05) is 6.54 Å². The van der Waals surface area contributed by atoms with E-state index < -0.39 is 5.97 Å². The van der Waals surface area contributed by atoms with Gasteiger partial charge in [-0.2, -0.15) is 0 Å². The lowest BCUT2D eigenvalue weighted by Crippen LogP contribution is -2.41. The second kappa shape index (κ2) is 4.60. The maximum Gasteiger partial charge on any atom is 0.304 e. The molecule has 3 nitrogen and oxygen atoms in total. The summed E-state index contributed by atoms with van der Waals surface area (Å²) in [5, 5.41) is 8.98. The Morgan fingerprint density at radius 2 is 2.12 bits per heavy atom. The van der Waals surface area contributed by atoms with Crippen molar-refractivity contribution in [2.24, 2.45) is 11.3 Å². The van der Waals surface area contributed by atoms with Gasteiger partial charge in [0.05, 0.1) is 6.42 Å². The Morgan fingerprint density at radius 1 is 1.41 bits per heavy atom. The van der Waals surface area contributed by atoms with E-state index in [2.05, 4.69) is 25.7 Å². The van der Waals surface area contributed by atoms with Crippen molar-refractivity contribution in [3.8, 4) is 0 Å². The third kappa shape index (κ3) is 2.82. The Labute approximate surface area is 104 Å². The molecule has 2 fully saturated rings. The molecule has 2 aliphatic rings. The molecule has 98 valence electrons. The van der Waals surface area contributed by atoms with E-state index >= 15 is 0 Å². The maximum absolute atomic E-state index is 10.9. The second-order valence-corrected chi connectivity index (χ2v) is 6.75. The van der Waals surface area contributed by atoms with Crippen molar-refractivity contribution >= 4 is 5.97 Å². The highest BCUT2D eigenvalue weighted by Crippen LogP contribution is 2.45. The SMILES string of the molecule is CC1CC(C)(C)CC1N1CCCC1CC(=O)O. The molecule has 0 aromatic heterocycles. The fourth-order valence-electron chi connectivity index (χ4n) is 4.02. The summed E-state index contributed by atoms with van der Waals surface area (Å²) in [6, 6.07) is 0.894. The van der Waals surface area contributed by atoms with E-state index in [-0.39, 0.29) is 6.04 Å². The van der Waals surface area contributed by atoms with Gasteiger partial charge in [-0.25, -0.2) is 0 Å². The number of hydrogen-bond donors (Lipinski definition) is 1. The number of likely N-dealkylation sites (tertiary alicyclic amines) is 1. The predicted octanol–water partition coefficient (Wildman–Crippen LogP) is 2.75. The van der Waals surface area contributed by atoms with Gasteiger partial charge in [0.2, 0.25) is 0 Å². The van der Waals surface area contributed by atoms with Crippen molar-refractivity contribution in [1.82, 2.24) is 4.90 Å². The zero-order valence-corrected chi connectivity index (χ0v) is 11.3. The van der Waals surface area contributed by atoms with E-state index in [1.54, 1.807) is 0 Å². The molecule has 0 spiro atoms. The number of rotatable bonds is 3. The van der Waals surface area contributed by atoms with Gasteiger partial charge in [-0.1, -0.05) is 20.8 Å². The number of nitrogens with zero attached hydrogens (tertiary/aromatic N) is 1. The fourth-order valence-corrected chi connectivity index (χ4v) is 4.02. The molecule has 3 heteroatoms. The molecule has 2 rings (SSSR count). The van der Waals surface area contributed by atoms with Crippen LogP contribution in [-0.2, 0) is 4.79 Å². The number of carbonyl (C=O) groups is 1. The fraction of sp³-hybridized carbons (Fsp3) is 0.929. The van der Waals surface area contributed by atoms with Gasteiger partial charge in [0.1, 0.15) is 0 Å². The van der Waals surface area contributed by atoms with E-state index in [0.717, 1.165) is 13.0 Å². The molecule has 1 aliphatic heterocycles. The van der Waals surface area contributed by atoms with Gasteiger partial charge in [-0.05, 0) is 43.6 Å². The van der Waals surface area contributed by atoms with Crippen LogP contribution in [0.15, 0.2) is 0 Å². The van der Waals surface area contributed by atoms with Gasteiger partial charge in [0.15, 0.2) is 0 Å². The van der Waals surface area contributed by atoms with Crippen LogP contribution in [0.25, 0.3) is 0 Å². The zero-order chi connectivity index (χ0) is 12.6. The summed E-state index contributed by atoms with van der Waals surface area (Å²) >= 11 is 0. The van der Waals surface area contributed by atoms with Gasteiger partial charge in [-0.15, -0.1) is 0 Å². The van der Waals surface area contributed by atoms with Crippen LogP contribution in [0.5, 0.6) is 0 Å². The molecule has 1 aliphatic carbocycles. The number of carboxylic acids is 1.